The molecule has 1 aromatic rings. The molecule has 2 unspecified atom stereocenters. The van der Waals surface area contributed by atoms with Crippen LogP contribution in [-0.2, 0) is 15.7 Å². The molecule has 3 rings (SSSR count). The SMILES string of the molecule is COC(=O)C1CCCC([C@H]2C[C@@H](N)c3ccc(C(F)(F)F)cc3O2)C1. The molecule has 2 aliphatic rings. The van der Waals surface area contributed by atoms with E-state index in [0.717, 1.165) is 31.4 Å². The van der Waals surface area contributed by atoms with Gasteiger partial charge in [0.25, 0.3) is 0 Å². The van der Waals surface area contributed by atoms with Gasteiger partial charge in [-0.2, -0.15) is 13.2 Å². The van der Waals surface area contributed by atoms with Gasteiger partial charge in [0.1, 0.15) is 11.9 Å². The molecule has 1 aromatic carbocycles. The second-order valence-corrected chi connectivity index (χ2v) is 6.90. The van der Waals surface area contributed by atoms with Crippen molar-refractivity contribution in [2.75, 3.05) is 7.11 Å². The van der Waals surface area contributed by atoms with Gasteiger partial charge in [0.2, 0.25) is 0 Å². The lowest BCUT2D eigenvalue weighted by molar-refractivity contribution is -0.147. The molecule has 0 radical (unpaired) electrons. The molecule has 1 aliphatic heterocycles. The number of hydrogen-bond donors (Lipinski definition) is 1. The average Bonchev–Trinajstić information content (AvgIpc) is 2.59. The molecule has 0 amide bonds. The van der Waals surface area contributed by atoms with Crippen molar-refractivity contribution in [3.8, 4) is 5.75 Å². The zero-order valence-corrected chi connectivity index (χ0v) is 14.0. The first-order valence-corrected chi connectivity index (χ1v) is 8.50. The Morgan fingerprint density at radius 1 is 1.28 bits per heavy atom. The van der Waals surface area contributed by atoms with Crippen LogP contribution in [0.4, 0.5) is 13.2 Å². The molecule has 0 aromatic heterocycles. The summed E-state index contributed by atoms with van der Waals surface area (Å²) in [6, 6.07) is 3.10. The predicted octanol–water partition coefficient (Wildman–Crippen LogP) is 3.84. The first kappa shape index (κ1) is 18.0. The summed E-state index contributed by atoms with van der Waals surface area (Å²) in [5, 5.41) is 0. The minimum atomic E-state index is -4.42. The van der Waals surface area contributed by atoms with Crippen LogP contribution < -0.4 is 10.5 Å². The van der Waals surface area contributed by atoms with Crippen LogP contribution in [-0.4, -0.2) is 19.2 Å². The Hall–Kier alpha value is -1.76. The number of alkyl halides is 3. The fourth-order valence-corrected chi connectivity index (χ4v) is 3.94. The van der Waals surface area contributed by atoms with Gasteiger partial charge in [0, 0.05) is 18.0 Å². The highest BCUT2D eigenvalue weighted by atomic mass is 19.4. The van der Waals surface area contributed by atoms with Crippen LogP contribution in [0.3, 0.4) is 0 Å². The van der Waals surface area contributed by atoms with Gasteiger partial charge < -0.3 is 15.2 Å². The number of hydrogen-bond acceptors (Lipinski definition) is 4. The molecule has 1 fully saturated rings. The molecule has 4 atom stereocenters. The molecule has 138 valence electrons. The number of nitrogens with two attached hydrogens (primary N) is 1. The van der Waals surface area contributed by atoms with Gasteiger partial charge in [-0.1, -0.05) is 12.5 Å². The lowest BCUT2D eigenvalue weighted by atomic mass is 9.76. The second kappa shape index (κ2) is 6.86. The second-order valence-electron chi connectivity index (χ2n) is 6.90. The Labute approximate surface area is 144 Å². The van der Waals surface area contributed by atoms with Crippen molar-refractivity contribution in [2.45, 2.75) is 50.4 Å². The maximum atomic E-state index is 12.9. The van der Waals surface area contributed by atoms with E-state index >= 15 is 0 Å². The Bertz CT molecular complexity index is 647. The van der Waals surface area contributed by atoms with Gasteiger partial charge in [-0.05, 0) is 37.3 Å². The van der Waals surface area contributed by atoms with Gasteiger partial charge in [0.05, 0.1) is 18.6 Å². The van der Waals surface area contributed by atoms with E-state index in [4.69, 9.17) is 15.2 Å². The molecule has 4 nitrogen and oxygen atoms in total. The first-order valence-electron chi connectivity index (χ1n) is 8.50. The van der Waals surface area contributed by atoms with Crippen LogP contribution in [0.1, 0.15) is 49.3 Å². The fraction of sp³-hybridized carbons (Fsp3) is 0.611. The summed E-state index contributed by atoms with van der Waals surface area (Å²) >= 11 is 0. The molecule has 1 aliphatic carbocycles. The summed E-state index contributed by atoms with van der Waals surface area (Å²) in [5.74, 6) is -0.110. The van der Waals surface area contributed by atoms with Crippen molar-refractivity contribution < 1.29 is 27.4 Å². The third-order valence-corrected chi connectivity index (χ3v) is 5.28. The molecule has 25 heavy (non-hydrogen) atoms. The van der Waals surface area contributed by atoms with Gasteiger partial charge in [-0.15, -0.1) is 0 Å². The van der Waals surface area contributed by atoms with Gasteiger partial charge in [-0.25, -0.2) is 0 Å². The number of methoxy groups -OCH3 is 1. The summed E-state index contributed by atoms with van der Waals surface area (Å²) in [7, 11) is 1.37. The number of carbonyl (C=O) groups is 1. The van der Waals surface area contributed by atoms with Crippen LogP contribution in [0, 0.1) is 11.8 Å². The normalized spacial score (nSPS) is 29.5. The highest BCUT2D eigenvalue weighted by Gasteiger charge is 2.38. The maximum absolute atomic E-state index is 12.9. The number of fused-ring (bicyclic) bond motifs is 1. The molecular weight excluding hydrogens is 335 g/mol. The quantitative estimate of drug-likeness (QED) is 0.817. The van der Waals surface area contributed by atoms with Crippen LogP contribution in [0.5, 0.6) is 5.75 Å². The average molecular weight is 357 g/mol. The zero-order valence-electron chi connectivity index (χ0n) is 14.0. The predicted molar refractivity (Wildman–Crippen MR) is 84.9 cm³/mol. The highest BCUT2D eigenvalue weighted by molar-refractivity contribution is 5.72. The smallest absolute Gasteiger partial charge is 0.416 e. The van der Waals surface area contributed by atoms with Crippen molar-refractivity contribution >= 4 is 5.97 Å². The number of ether oxygens (including phenoxy) is 2. The molecule has 7 heteroatoms. The minimum Gasteiger partial charge on any atom is -0.490 e. The van der Waals surface area contributed by atoms with E-state index in [1.54, 1.807) is 0 Å². The number of rotatable bonds is 2. The number of esters is 1. The van der Waals surface area contributed by atoms with Crippen molar-refractivity contribution in [1.82, 2.24) is 0 Å². The zero-order chi connectivity index (χ0) is 18.2. The molecule has 1 saturated carbocycles. The fourth-order valence-electron chi connectivity index (χ4n) is 3.94. The number of halogens is 3. The van der Waals surface area contributed by atoms with Crippen molar-refractivity contribution in [3.63, 3.8) is 0 Å². The largest absolute Gasteiger partial charge is 0.490 e. The topological polar surface area (TPSA) is 61.5 Å². The van der Waals surface area contributed by atoms with Gasteiger partial charge >= 0.3 is 12.1 Å². The standard InChI is InChI=1S/C18H22F3NO3/c1-24-17(23)11-4-2-3-10(7-11)15-9-14(22)13-6-5-12(18(19,20)21)8-16(13)25-15/h5-6,8,10-11,14-15H,2-4,7,9,22H2,1H3/t10?,11?,14-,15-/m1/s1. The van der Waals surface area contributed by atoms with E-state index in [1.807, 2.05) is 0 Å². The van der Waals surface area contributed by atoms with E-state index in [0.29, 0.717) is 18.4 Å². The summed E-state index contributed by atoms with van der Waals surface area (Å²) in [5.41, 5.74) is 6.03. The first-order chi connectivity index (χ1) is 11.8. The molecule has 0 spiro atoms. The molecular formula is C18H22F3NO3. The van der Waals surface area contributed by atoms with Gasteiger partial charge in [-0.3, -0.25) is 4.79 Å². The van der Waals surface area contributed by atoms with Crippen molar-refractivity contribution in [1.29, 1.82) is 0 Å². The highest BCUT2D eigenvalue weighted by Crippen LogP contribution is 2.43. The Morgan fingerprint density at radius 3 is 2.72 bits per heavy atom. The van der Waals surface area contributed by atoms with Crippen molar-refractivity contribution in [2.24, 2.45) is 17.6 Å². The third kappa shape index (κ3) is 3.76. The van der Waals surface area contributed by atoms with Crippen molar-refractivity contribution in [3.05, 3.63) is 29.3 Å². The van der Waals surface area contributed by atoms with Gasteiger partial charge in [0.15, 0.2) is 0 Å². The monoisotopic (exact) mass is 357 g/mol. The minimum absolute atomic E-state index is 0.0894. The molecule has 2 N–H and O–H groups in total. The Balaban J connectivity index is 1.79. The van der Waals surface area contributed by atoms with E-state index in [1.165, 1.54) is 13.2 Å². The summed E-state index contributed by atoms with van der Waals surface area (Å²) < 4.78 is 49.6. The number of benzene rings is 1. The summed E-state index contributed by atoms with van der Waals surface area (Å²) in [4.78, 5) is 11.8. The Kier molecular flexibility index (Phi) is 4.95. The van der Waals surface area contributed by atoms with Crippen LogP contribution in [0.15, 0.2) is 18.2 Å². The molecule has 0 saturated heterocycles. The third-order valence-electron chi connectivity index (χ3n) is 5.28. The van der Waals surface area contributed by atoms with E-state index in [9.17, 15) is 18.0 Å². The van der Waals surface area contributed by atoms with E-state index in [-0.39, 0.29) is 35.7 Å². The molecule has 0 bridgehead atoms. The van der Waals surface area contributed by atoms with Crippen LogP contribution in [0.25, 0.3) is 0 Å². The molecule has 1 heterocycles. The lowest BCUT2D eigenvalue weighted by Crippen LogP contribution is -2.38. The summed E-state index contributed by atoms with van der Waals surface area (Å²) in [6.45, 7) is 0. The summed E-state index contributed by atoms with van der Waals surface area (Å²) in [6.07, 6.45) is -1.02. The maximum Gasteiger partial charge on any atom is 0.416 e. The van der Waals surface area contributed by atoms with E-state index < -0.39 is 11.7 Å². The Morgan fingerprint density at radius 2 is 2.04 bits per heavy atom. The van der Waals surface area contributed by atoms with Crippen LogP contribution in [0.2, 0.25) is 0 Å². The van der Waals surface area contributed by atoms with Crippen LogP contribution >= 0.6 is 0 Å². The lowest BCUT2D eigenvalue weighted by Gasteiger charge is -2.38. The van der Waals surface area contributed by atoms with E-state index in [2.05, 4.69) is 0 Å². The number of carbonyl (C=O) groups excluding carboxylic acids is 1.